The van der Waals surface area contributed by atoms with E-state index in [2.05, 4.69) is 12.2 Å². The molecule has 1 saturated carbocycles. The largest absolute Gasteiger partial charge is 0.316 e. The first kappa shape index (κ1) is 13.8. The van der Waals surface area contributed by atoms with Crippen LogP contribution in [0.5, 0.6) is 0 Å². The zero-order valence-corrected chi connectivity index (χ0v) is 11.8. The summed E-state index contributed by atoms with van der Waals surface area (Å²) in [6.45, 7) is 2.32. The zero-order valence-electron chi connectivity index (χ0n) is 11.0. The molecule has 0 bridgehead atoms. The van der Waals surface area contributed by atoms with Gasteiger partial charge in [0, 0.05) is 6.04 Å². The van der Waals surface area contributed by atoms with Gasteiger partial charge in [-0.1, -0.05) is 31.0 Å². The van der Waals surface area contributed by atoms with Crippen LogP contribution in [0.15, 0.2) is 18.2 Å². The fourth-order valence-corrected chi connectivity index (χ4v) is 3.24. The number of halogens is 2. The van der Waals surface area contributed by atoms with Crippen LogP contribution >= 0.6 is 11.6 Å². The summed E-state index contributed by atoms with van der Waals surface area (Å²) in [6, 6.07) is 5.52. The molecule has 100 valence electrons. The topological polar surface area (TPSA) is 12.0 Å². The number of rotatable bonds is 4. The average Bonchev–Trinajstić information content (AvgIpc) is 2.77. The Morgan fingerprint density at radius 3 is 2.78 bits per heavy atom. The van der Waals surface area contributed by atoms with E-state index in [4.69, 9.17) is 11.6 Å². The van der Waals surface area contributed by atoms with Gasteiger partial charge in [-0.2, -0.15) is 0 Å². The van der Waals surface area contributed by atoms with Crippen LogP contribution < -0.4 is 5.32 Å². The van der Waals surface area contributed by atoms with Crippen LogP contribution in [0.2, 0.25) is 5.02 Å². The minimum atomic E-state index is -0.337. The number of nitrogens with one attached hydrogen (secondary N) is 1. The molecule has 0 aliphatic heterocycles. The van der Waals surface area contributed by atoms with Crippen LogP contribution in [-0.4, -0.2) is 13.1 Å². The highest BCUT2D eigenvalue weighted by Gasteiger charge is 2.27. The fourth-order valence-electron chi connectivity index (χ4n) is 3.04. The van der Waals surface area contributed by atoms with Gasteiger partial charge in [-0.05, 0) is 55.8 Å². The van der Waals surface area contributed by atoms with Gasteiger partial charge < -0.3 is 5.32 Å². The zero-order chi connectivity index (χ0) is 13.1. The molecule has 3 heteroatoms. The van der Waals surface area contributed by atoms with Gasteiger partial charge in [0.05, 0.1) is 5.02 Å². The molecule has 3 unspecified atom stereocenters. The molecule has 3 atom stereocenters. The summed E-state index contributed by atoms with van der Waals surface area (Å²) >= 11 is 5.83. The predicted molar refractivity (Wildman–Crippen MR) is 74.5 cm³/mol. The van der Waals surface area contributed by atoms with Gasteiger partial charge in [-0.15, -0.1) is 0 Å². The molecule has 0 amide bonds. The summed E-state index contributed by atoms with van der Waals surface area (Å²) in [5, 5.41) is 3.63. The lowest BCUT2D eigenvalue weighted by Gasteiger charge is -2.23. The van der Waals surface area contributed by atoms with Crippen LogP contribution in [-0.2, 0) is 6.42 Å². The first-order valence-corrected chi connectivity index (χ1v) is 7.09. The van der Waals surface area contributed by atoms with E-state index in [9.17, 15) is 4.39 Å². The first-order chi connectivity index (χ1) is 8.60. The molecule has 1 fully saturated rings. The molecular weight excluding hydrogens is 249 g/mol. The summed E-state index contributed by atoms with van der Waals surface area (Å²) in [6.07, 6.45) is 4.84. The van der Waals surface area contributed by atoms with E-state index in [1.165, 1.54) is 25.3 Å². The molecule has 0 spiro atoms. The molecule has 0 heterocycles. The minimum Gasteiger partial charge on any atom is -0.316 e. The molecule has 0 saturated heterocycles. The molecule has 1 aliphatic carbocycles. The van der Waals surface area contributed by atoms with Gasteiger partial charge in [-0.25, -0.2) is 4.39 Å². The number of hydrogen-bond acceptors (Lipinski definition) is 1. The summed E-state index contributed by atoms with van der Waals surface area (Å²) in [5.74, 6) is 1.23. The molecule has 1 N–H and O–H groups in total. The lowest BCUT2D eigenvalue weighted by molar-refractivity contribution is 0.367. The Hall–Kier alpha value is -0.600. The highest BCUT2D eigenvalue weighted by Crippen LogP contribution is 2.33. The van der Waals surface area contributed by atoms with Crippen molar-refractivity contribution in [3.05, 3.63) is 34.6 Å². The van der Waals surface area contributed by atoms with E-state index >= 15 is 0 Å². The summed E-state index contributed by atoms with van der Waals surface area (Å²) in [5.41, 5.74) is 1.11. The Morgan fingerprint density at radius 1 is 1.44 bits per heavy atom. The monoisotopic (exact) mass is 269 g/mol. The molecule has 1 aromatic carbocycles. The maximum atomic E-state index is 13.1. The van der Waals surface area contributed by atoms with E-state index in [-0.39, 0.29) is 10.8 Å². The van der Waals surface area contributed by atoms with Crippen molar-refractivity contribution in [3.63, 3.8) is 0 Å². The normalized spacial score (nSPS) is 25.3. The van der Waals surface area contributed by atoms with Crippen molar-refractivity contribution < 1.29 is 4.39 Å². The number of likely N-dealkylation sites (N-methyl/N-ethyl adjacent to an activating group) is 1. The van der Waals surface area contributed by atoms with E-state index in [0.717, 1.165) is 23.8 Å². The van der Waals surface area contributed by atoms with Crippen LogP contribution in [0.3, 0.4) is 0 Å². The van der Waals surface area contributed by atoms with Crippen molar-refractivity contribution in [1.82, 2.24) is 5.32 Å². The van der Waals surface area contributed by atoms with Gasteiger partial charge in [0.1, 0.15) is 5.82 Å². The second-order valence-electron chi connectivity index (χ2n) is 5.53. The molecule has 0 radical (unpaired) electrons. The maximum absolute atomic E-state index is 13.1. The highest BCUT2D eigenvalue weighted by molar-refractivity contribution is 6.30. The highest BCUT2D eigenvalue weighted by atomic mass is 35.5. The summed E-state index contributed by atoms with van der Waals surface area (Å²) < 4.78 is 13.1. The third-order valence-corrected chi connectivity index (χ3v) is 4.40. The van der Waals surface area contributed by atoms with Gasteiger partial charge >= 0.3 is 0 Å². The predicted octanol–water partition coefficient (Wildman–Crippen LogP) is 4.05. The smallest absolute Gasteiger partial charge is 0.141 e. The summed E-state index contributed by atoms with van der Waals surface area (Å²) in [4.78, 5) is 0. The molecule has 2 rings (SSSR count). The Morgan fingerprint density at radius 2 is 2.22 bits per heavy atom. The average molecular weight is 270 g/mol. The second kappa shape index (κ2) is 6.03. The van der Waals surface area contributed by atoms with Crippen LogP contribution in [0, 0.1) is 17.7 Å². The van der Waals surface area contributed by atoms with Crippen LogP contribution in [0.4, 0.5) is 4.39 Å². The molecule has 1 aliphatic rings. The lowest BCUT2D eigenvalue weighted by atomic mass is 9.91. The third kappa shape index (κ3) is 3.24. The summed E-state index contributed by atoms with van der Waals surface area (Å²) in [7, 11) is 2.01. The fraction of sp³-hybridized carbons (Fsp3) is 0.600. The van der Waals surface area contributed by atoms with E-state index < -0.39 is 0 Å². The van der Waals surface area contributed by atoms with Crippen molar-refractivity contribution in [2.45, 2.75) is 38.6 Å². The Kier molecular flexibility index (Phi) is 4.63. The van der Waals surface area contributed by atoms with Gasteiger partial charge in [0.15, 0.2) is 0 Å². The molecular formula is C15H21ClFN. The molecule has 0 aromatic heterocycles. The van der Waals surface area contributed by atoms with Crippen molar-refractivity contribution in [3.8, 4) is 0 Å². The van der Waals surface area contributed by atoms with Crippen LogP contribution in [0.1, 0.15) is 31.7 Å². The Labute approximate surface area is 114 Å². The van der Waals surface area contributed by atoms with Gasteiger partial charge in [0.25, 0.3) is 0 Å². The number of hydrogen-bond donors (Lipinski definition) is 1. The number of benzene rings is 1. The maximum Gasteiger partial charge on any atom is 0.141 e. The quantitative estimate of drug-likeness (QED) is 0.870. The Balaban J connectivity index is 2.03. The third-order valence-electron chi connectivity index (χ3n) is 4.11. The van der Waals surface area contributed by atoms with E-state index in [0.29, 0.717) is 6.04 Å². The van der Waals surface area contributed by atoms with E-state index in [1.54, 1.807) is 6.07 Å². The van der Waals surface area contributed by atoms with Crippen molar-refractivity contribution >= 4 is 11.6 Å². The SMILES string of the molecule is CNC(Cc1ccc(F)c(Cl)c1)C1CCC(C)C1. The van der Waals surface area contributed by atoms with Crippen molar-refractivity contribution in [2.75, 3.05) is 7.05 Å². The lowest BCUT2D eigenvalue weighted by Crippen LogP contribution is -2.34. The van der Waals surface area contributed by atoms with Crippen molar-refractivity contribution in [1.29, 1.82) is 0 Å². The molecule has 18 heavy (non-hydrogen) atoms. The van der Waals surface area contributed by atoms with Gasteiger partial charge in [0.2, 0.25) is 0 Å². The van der Waals surface area contributed by atoms with Crippen LogP contribution in [0.25, 0.3) is 0 Å². The molecule has 1 nitrogen and oxygen atoms in total. The van der Waals surface area contributed by atoms with Gasteiger partial charge in [-0.3, -0.25) is 0 Å². The first-order valence-electron chi connectivity index (χ1n) is 6.71. The minimum absolute atomic E-state index is 0.224. The second-order valence-corrected chi connectivity index (χ2v) is 5.93. The molecule has 1 aromatic rings. The van der Waals surface area contributed by atoms with Crippen molar-refractivity contribution in [2.24, 2.45) is 11.8 Å². The Bertz CT molecular complexity index is 407. The van der Waals surface area contributed by atoms with E-state index in [1.807, 2.05) is 13.1 Å². The standard InChI is InChI=1S/C15H21ClFN/c1-10-3-5-12(7-10)15(18-2)9-11-4-6-14(17)13(16)8-11/h4,6,8,10,12,15,18H,3,5,7,9H2,1-2H3.